The number of pyridine rings is 1. The predicted octanol–water partition coefficient (Wildman–Crippen LogP) is 8.29. The highest BCUT2D eigenvalue weighted by Gasteiger charge is 2.24. The molecule has 0 N–H and O–H groups in total. The molecule has 0 saturated heterocycles. The van der Waals surface area contributed by atoms with E-state index in [0.717, 1.165) is 83.1 Å². The molecule has 3 aromatic carbocycles. The molecule has 2 heterocycles. The van der Waals surface area contributed by atoms with E-state index in [1.54, 1.807) is 20.4 Å². The smallest absolute Gasteiger partial charge is 0.357 e. The molecular weight excluding hydrogens is 552 g/mol. The quantitative estimate of drug-likeness (QED) is 0.0897. The number of aromatic nitrogens is 2. The van der Waals surface area contributed by atoms with Crippen molar-refractivity contribution >= 4 is 27.8 Å². The minimum absolute atomic E-state index is 0.227. The number of hydrogen-bond donors (Lipinski definition) is 0. The van der Waals surface area contributed by atoms with Crippen molar-refractivity contribution in [1.29, 1.82) is 0 Å². The number of ether oxygens (including phenoxy) is 4. The Hall–Kier alpha value is -4.36. The number of esters is 1. The Morgan fingerprint density at radius 1 is 0.795 bits per heavy atom. The summed E-state index contributed by atoms with van der Waals surface area (Å²) in [6, 6.07) is 24.6. The van der Waals surface area contributed by atoms with Crippen LogP contribution >= 0.6 is 0 Å². The number of hydrogen-bond acceptors (Lipinski definition) is 6. The number of carbonyl (C=O) groups excluding carboxylic acids is 1. The van der Waals surface area contributed by atoms with Gasteiger partial charge in [0, 0.05) is 24.6 Å². The molecule has 5 aromatic rings. The first kappa shape index (κ1) is 31.1. The van der Waals surface area contributed by atoms with E-state index in [2.05, 4.69) is 39.9 Å². The Morgan fingerprint density at radius 2 is 1.57 bits per heavy atom. The van der Waals surface area contributed by atoms with Gasteiger partial charge in [-0.25, -0.2) is 9.78 Å². The summed E-state index contributed by atoms with van der Waals surface area (Å²) in [6.45, 7) is 5.17. The van der Waals surface area contributed by atoms with Gasteiger partial charge in [0.05, 0.1) is 42.4 Å². The van der Waals surface area contributed by atoms with Crippen LogP contribution in [-0.4, -0.2) is 35.8 Å². The fourth-order valence-corrected chi connectivity index (χ4v) is 5.72. The maximum Gasteiger partial charge on any atom is 0.357 e. The van der Waals surface area contributed by atoms with Gasteiger partial charge in [0.25, 0.3) is 0 Å². The normalized spacial score (nSPS) is 11.4. The molecular formula is C37H42N2O5. The van der Waals surface area contributed by atoms with E-state index in [1.807, 2.05) is 56.3 Å². The largest absolute Gasteiger partial charge is 0.497 e. The molecule has 5 rings (SSSR count). The van der Waals surface area contributed by atoms with Gasteiger partial charge in [-0.15, -0.1) is 0 Å². The second kappa shape index (κ2) is 14.9. The lowest BCUT2D eigenvalue weighted by molar-refractivity contribution is 0.0366. The number of rotatable bonds is 15. The summed E-state index contributed by atoms with van der Waals surface area (Å²) in [5.41, 5.74) is 5.43. The van der Waals surface area contributed by atoms with E-state index in [4.69, 9.17) is 18.9 Å². The number of aryl methyl sites for hydroxylation is 2. The van der Waals surface area contributed by atoms with E-state index >= 15 is 0 Å². The molecule has 0 spiro atoms. The monoisotopic (exact) mass is 594 g/mol. The van der Waals surface area contributed by atoms with Gasteiger partial charge in [0.15, 0.2) is 5.69 Å². The molecule has 230 valence electrons. The third kappa shape index (κ3) is 7.22. The van der Waals surface area contributed by atoms with Crippen molar-refractivity contribution in [2.75, 3.05) is 14.2 Å². The van der Waals surface area contributed by atoms with Crippen molar-refractivity contribution in [3.63, 3.8) is 0 Å². The summed E-state index contributed by atoms with van der Waals surface area (Å²) in [6.07, 6.45) is 7.01. The van der Waals surface area contributed by atoms with Crippen LogP contribution in [0.25, 0.3) is 21.8 Å². The third-order valence-corrected chi connectivity index (χ3v) is 7.81. The summed E-state index contributed by atoms with van der Waals surface area (Å²) in [5, 5.41) is 1.89. The van der Waals surface area contributed by atoms with E-state index in [9.17, 15) is 4.79 Å². The molecule has 0 aliphatic heterocycles. The summed E-state index contributed by atoms with van der Waals surface area (Å²) < 4.78 is 25.2. The Balaban J connectivity index is 1.44. The van der Waals surface area contributed by atoms with Gasteiger partial charge < -0.3 is 23.5 Å². The van der Waals surface area contributed by atoms with E-state index in [0.29, 0.717) is 6.61 Å². The second-order valence-corrected chi connectivity index (χ2v) is 11.3. The van der Waals surface area contributed by atoms with E-state index in [-0.39, 0.29) is 18.4 Å². The number of methoxy groups -OCH3 is 2. The van der Waals surface area contributed by atoms with Crippen LogP contribution < -0.4 is 9.47 Å². The van der Waals surface area contributed by atoms with Gasteiger partial charge in [-0.05, 0) is 68.5 Å². The predicted molar refractivity (Wildman–Crippen MR) is 174 cm³/mol. The first-order chi connectivity index (χ1) is 21.5. The first-order valence-electron chi connectivity index (χ1n) is 15.4. The lowest BCUT2D eigenvalue weighted by Gasteiger charge is -2.13. The average molecular weight is 595 g/mol. The second-order valence-electron chi connectivity index (χ2n) is 11.3. The lowest BCUT2D eigenvalue weighted by Crippen LogP contribution is -2.16. The maximum absolute atomic E-state index is 13.2. The highest BCUT2D eigenvalue weighted by molar-refractivity contribution is 6.14. The lowest BCUT2D eigenvalue weighted by atomic mass is 10.0. The highest BCUT2D eigenvalue weighted by Crippen LogP contribution is 2.39. The molecule has 0 bridgehead atoms. The minimum Gasteiger partial charge on any atom is -0.497 e. The average Bonchev–Trinajstić information content (AvgIpc) is 3.36. The molecule has 44 heavy (non-hydrogen) atoms. The SMILES string of the molecule is COCc1c(C(=O)OC(C)C)ncc2c1c1c(OCc3ccccc3)cccc1n2CCCCCCc1ccc(OC)cc1. The Bertz CT molecular complexity index is 1680. The first-order valence-corrected chi connectivity index (χ1v) is 15.4. The summed E-state index contributed by atoms with van der Waals surface area (Å²) in [7, 11) is 3.33. The summed E-state index contributed by atoms with van der Waals surface area (Å²) in [5.74, 6) is 1.20. The number of carbonyl (C=O) groups is 1. The molecule has 0 unspecified atom stereocenters. The minimum atomic E-state index is -0.450. The van der Waals surface area contributed by atoms with Crippen LogP contribution in [0.4, 0.5) is 0 Å². The zero-order valence-corrected chi connectivity index (χ0v) is 26.2. The number of unbranched alkanes of at least 4 members (excludes halogenated alkanes) is 3. The Morgan fingerprint density at radius 3 is 2.30 bits per heavy atom. The van der Waals surface area contributed by atoms with E-state index < -0.39 is 5.97 Å². The van der Waals surface area contributed by atoms with Crippen molar-refractivity contribution in [2.45, 2.75) is 71.8 Å². The van der Waals surface area contributed by atoms with E-state index in [1.165, 1.54) is 5.56 Å². The molecule has 0 atom stereocenters. The van der Waals surface area contributed by atoms with Gasteiger partial charge in [0.1, 0.15) is 18.1 Å². The zero-order valence-electron chi connectivity index (χ0n) is 26.2. The molecule has 0 aliphatic rings. The topological polar surface area (TPSA) is 71.8 Å². The molecule has 0 amide bonds. The van der Waals surface area contributed by atoms with Crippen LogP contribution in [0.15, 0.2) is 79.0 Å². The van der Waals surface area contributed by atoms with Crippen molar-refractivity contribution in [2.24, 2.45) is 0 Å². The van der Waals surface area contributed by atoms with Crippen LogP contribution in [0.1, 0.15) is 66.7 Å². The van der Waals surface area contributed by atoms with Crippen LogP contribution in [0.3, 0.4) is 0 Å². The van der Waals surface area contributed by atoms with Crippen LogP contribution in [0.2, 0.25) is 0 Å². The highest BCUT2D eigenvalue weighted by atomic mass is 16.5. The zero-order chi connectivity index (χ0) is 30.9. The Kier molecular flexibility index (Phi) is 10.5. The molecule has 2 aromatic heterocycles. The van der Waals surface area contributed by atoms with Gasteiger partial charge in [-0.1, -0.05) is 61.4 Å². The van der Waals surface area contributed by atoms with Crippen molar-refractivity contribution in [1.82, 2.24) is 9.55 Å². The van der Waals surface area contributed by atoms with Gasteiger partial charge in [-0.3, -0.25) is 0 Å². The van der Waals surface area contributed by atoms with Crippen molar-refractivity contribution in [3.8, 4) is 11.5 Å². The number of benzene rings is 3. The van der Waals surface area contributed by atoms with Crippen LogP contribution in [-0.2, 0) is 35.7 Å². The van der Waals surface area contributed by atoms with Crippen molar-refractivity contribution < 1.29 is 23.7 Å². The van der Waals surface area contributed by atoms with Gasteiger partial charge in [0.2, 0.25) is 0 Å². The van der Waals surface area contributed by atoms with Crippen molar-refractivity contribution in [3.05, 3.63) is 101 Å². The molecule has 0 radical (unpaired) electrons. The van der Waals surface area contributed by atoms with Gasteiger partial charge >= 0.3 is 5.97 Å². The van der Waals surface area contributed by atoms with Gasteiger partial charge in [-0.2, -0.15) is 0 Å². The fraction of sp³-hybridized carbons (Fsp3) is 0.351. The molecule has 7 heteroatoms. The van der Waals surface area contributed by atoms with Crippen LogP contribution in [0, 0.1) is 0 Å². The maximum atomic E-state index is 13.2. The summed E-state index contributed by atoms with van der Waals surface area (Å²) >= 11 is 0. The number of nitrogens with zero attached hydrogens (tertiary/aromatic N) is 2. The molecule has 0 saturated carbocycles. The standard InChI is InChI=1S/C37H42N2O5/c1-26(2)44-37(40)36-30(25-41-3)34-32(23-38-36)39(22-11-6-5-8-13-27-18-20-29(42-4)21-19-27)31-16-12-17-33(35(31)34)43-24-28-14-9-7-10-15-28/h7,9-10,12,14-21,23,26H,5-6,8,11,13,22,24-25H2,1-4H3. The Labute approximate surface area is 259 Å². The molecule has 0 aliphatic carbocycles. The number of fused-ring (bicyclic) bond motifs is 3. The third-order valence-electron chi connectivity index (χ3n) is 7.81. The van der Waals surface area contributed by atoms with Crippen LogP contribution in [0.5, 0.6) is 11.5 Å². The molecule has 0 fully saturated rings. The molecule has 7 nitrogen and oxygen atoms in total. The summed E-state index contributed by atoms with van der Waals surface area (Å²) in [4.78, 5) is 17.8. The fourth-order valence-electron chi connectivity index (χ4n) is 5.72.